The molecule has 2 aromatic rings. The number of esters is 2. The molecule has 126 valence electrons. The van der Waals surface area contributed by atoms with Gasteiger partial charge in [0.2, 0.25) is 6.10 Å². The highest BCUT2D eigenvalue weighted by Crippen LogP contribution is 2.27. The maximum Gasteiger partial charge on any atom is 0.352 e. The Kier molecular flexibility index (Phi) is 6.55. The summed E-state index contributed by atoms with van der Waals surface area (Å²) in [4.78, 5) is 24.0. The lowest BCUT2D eigenvalue weighted by molar-refractivity contribution is -0.171. The SMILES string of the molecule is CCC[C@@H](OC(=O)[C@H](OC(C)=O)c1ccccc1)c1ccccc1. The Hall–Kier alpha value is -2.62. The van der Waals surface area contributed by atoms with Gasteiger partial charge in [-0.15, -0.1) is 0 Å². The summed E-state index contributed by atoms with van der Waals surface area (Å²) in [6, 6.07) is 18.5. The Morgan fingerprint density at radius 3 is 1.92 bits per heavy atom. The van der Waals surface area contributed by atoms with E-state index in [1.165, 1.54) is 6.92 Å². The van der Waals surface area contributed by atoms with E-state index in [9.17, 15) is 9.59 Å². The van der Waals surface area contributed by atoms with Crippen LogP contribution in [0, 0.1) is 0 Å². The topological polar surface area (TPSA) is 52.6 Å². The fraction of sp³-hybridized carbons (Fsp3) is 0.300. The monoisotopic (exact) mass is 326 g/mol. The van der Waals surface area contributed by atoms with E-state index in [1.807, 2.05) is 43.3 Å². The summed E-state index contributed by atoms with van der Waals surface area (Å²) in [6.45, 7) is 3.31. The highest BCUT2D eigenvalue weighted by molar-refractivity contribution is 5.80. The highest BCUT2D eigenvalue weighted by atomic mass is 16.6. The summed E-state index contributed by atoms with van der Waals surface area (Å²) >= 11 is 0. The number of carbonyl (C=O) groups excluding carboxylic acids is 2. The average Bonchev–Trinajstić information content (AvgIpc) is 2.60. The molecule has 0 saturated carbocycles. The zero-order valence-corrected chi connectivity index (χ0v) is 14.0. The Labute approximate surface area is 142 Å². The van der Waals surface area contributed by atoms with Gasteiger partial charge in [-0.05, 0) is 12.0 Å². The maximum absolute atomic E-state index is 12.6. The predicted octanol–water partition coefficient (Wildman–Crippen LogP) is 4.38. The van der Waals surface area contributed by atoms with Gasteiger partial charge in [-0.2, -0.15) is 0 Å². The number of benzene rings is 2. The van der Waals surface area contributed by atoms with Gasteiger partial charge in [-0.25, -0.2) is 4.79 Å². The number of carbonyl (C=O) groups is 2. The van der Waals surface area contributed by atoms with E-state index in [4.69, 9.17) is 9.47 Å². The van der Waals surface area contributed by atoms with Gasteiger partial charge in [0.05, 0.1) is 0 Å². The van der Waals surface area contributed by atoms with Gasteiger partial charge in [-0.3, -0.25) is 4.79 Å². The van der Waals surface area contributed by atoms with Crippen LogP contribution in [-0.2, 0) is 19.1 Å². The van der Waals surface area contributed by atoms with Gasteiger partial charge in [0.1, 0.15) is 6.10 Å². The molecular formula is C20H22O4. The van der Waals surface area contributed by atoms with Crippen molar-refractivity contribution in [1.82, 2.24) is 0 Å². The third-order valence-corrected chi connectivity index (χ3v) is 3.58. The van der Waals surface area contributed by atoms with Crippen LogP contribution in [0.4, 0.5) is 0 Å². The van der Waals surface area contributed by atoms with Crippen LogP contribution in [0.15, 0.2) is 60.7 Å². The highest BCUT2D eigenvalue weighted by Gasteiger charge is 2.28. The number of rotatable bonds is 7. The molecule has 0 amide bonds. The van der Waals surface area contributed by atoms with Crippen LogP contribution in [0.2, 0.25) is 0 Å². The first kappa shape index (κ1) is 17.7. The van der Waals surface area contributed by atoms with E-state index in [1.54, 1.807) is 24.3 Å². The first-order valence-electron chi connectivity index (χ1n) is 8.09. The Balaban J connectivity index is 2.20. The molecule has 0 heterocycles. The Morgan fingerprint density at radius 1 is 0.875 bits per heavy atom. The van der Waals surface area contributed by atoms with Crippen molar-refractivity contribution in [2.75, 3.05) is 0 Å². The second kappa shape index (κ2) is 8.87. The molecule has 0 unspecified atom stereocenters. The van der Waals surface area contributed by atoms with Crippen molar-refractivity contribution in [1.29, 1.82) is 0 Å². The zero-order valence-electron chi connectivity index (χ0n) is 14.0. The molecule has 0 saturated heterocycles. The van der Waals surface area contributed by atoms with Crippen molar-refractivity contribution in [3.05, 3.63) is 71.8 Å². The lowest BCUT2D eigenvalue weighted by atomic mass is 10.0. The molecule has 0 spiro atoms. The molecule has 2 atom stereocenters. The molecule has 0 fully saturated rings. The standard InChI is InChI=1S/C20H22O4/c1-3-10-18(16-11-6-4-7-12-16)24-20(22)19(23-15(2)21)17-13-8-5-9-14-17/h4-9,11-14,18-19H,3,10H2,1-2H3/t18-,19-/m1/s1. The second-order valence-corrected chi connectivity index (χ2v) is 5.53. The van der Waals surface area contributed by atoms with Gasteiger partial charge in [0.25, 0.3) is 0 Å². The third-order valence-electron chi connectivity index (χ3n) is 3.58. The molecule has 0 aliphatic rings. The van der Waals surface area contributed by atoms with E-state index in [0.717, 1.165) is 12.0 Å². The lowest BCUT2D eigenvalue weighted by Gasteiger charge is -2.22. The predicted molar refractivity (Wildman–Crippen MR) is 91.1 cm³/mol. The molecule has 4 heteroatoms. The minimum absolute atomic E-state index is 0.356. The zero-order chi connectivity index (χ0) is 17.4. The number of hydrogen-bond acceptors (Lipinski definition) is 4. The Bertz CT molecular complexity index is 652. The first-order chi connectivity index (χ1) is 11.6. The second-order valence-electron chi connectivity index (χ2n) is 5.53. The van der Waals surface area contributed by atoms with Crippen LogP contribution < -0.4 is 0 Å². The quantitative estimate of drug-likeness (QED) is 0.709. The van der Waals surface area contributed by atoms with E-state index in [0.29, 0.717) is 12.0 Å². The summed E-state index contributed by atoms with van der Waals surface area (Å²) < 4.78 is 10.9. The van der Waals surface area contributed by atoms with Gasteiger partial charge in [0.15, 0.2) is 0 Å². The largest absolute Gasteiger partial charge is 0.454 e. The molecular weight excluding hydrogens is 304 g/mol. The van der Waals surface area contributed by atoms with Crippen LogP contribution >= 0.6 is 0 Å². The molecule has 0 aliphatic carbocycles. The molecule has 24 heavy (non-hydrogen) atoms. The third kappa shape index (κ3) is 4.95. The summed E-state index contributed by atoms with van der Waals surface area (Å²) in [7, 11) is 0. The average molecular weight is 326 g/mol. The van der Waals surface area contributed by atoms with Crippen LogP contribution in [0.5, 0.6) is 0 Å². The molecule has 0 aromatic heterocycles. The van der Waals surface area contributed by atoms with E-state index >= 15 is 0 Å². The summed E-state index contributed by atoms with van der Waals surface area (Å²) in [5, 5.41) is 0. The van der Waals surface area contributed by atoms with Crippen LogP contribution in [0.25, 0.3) is 0 Å². The molecule has 0 aliphatic heterocycles. The molecule has 0 bridgehead atoms. The fourth-order valence-electron chi connectivity index (χ4n) is 2.47. The molecule has 0 N–H and O–H groups in total. The van der Waals surface area contributed by atoms with Gasteiger partial charge in [0, 0.05) is 12.5 Å². The van der Waals surface area contributed by atoms with Gasteiger partial charge in [-0.1, -0.05) is 74.0 Å². The van der Waals surface area contributed by atoms with Crippen molar-refractivity contribution in [3.8, 4) is 0 Å². The van der Waals surface area contributed by atoms with Crippen LogP contribution in [0.3, 0.4) is 0 Å². The van der Waals surface area contributed by atoms with E-state index in [-0.39, 0.29) is 6.10 Å². The number of ether oxygens (including phenoxy) is 2. The normalized spacial score (nSPS) is 12.9. The molecule has 0 radical (unpaired) electrons. The molecule has 2 aromatic carbocycles. The van der Waals surface area contributed by atoms with Gasteiger partial charge >= 0.3 is 11.9 Å². The number of hydrogen-bond donors (Lipinski definition) is 0. The molecule has 4 nitrogen and oxygen atoms in total. The van der Waals surface area contributed by atoms with Gasteiger partial charge < -0.3 is 9.47 Å². The summed E-state index contributed by atoms with van der Waals surface area (Å²) in [6.07, 6.45) is 0.172. The minimum atomic E-state index is -1.05. The fourth-order valence-corrected chi connectivity index (χ4v) is 2.47. The van der Waals surface area contributed by atoms with Crippen molar-refractivity contribution in [3.63, 3.8) is 0 Å². The smallest absolute Gasteiger partial charge is 0.352 e. The summed E-state index contributed by atoms with van der Waals surface area (Å²) in [5.41, 5.74) is 1.53. The van der Waals surface area contributed by atoms with Crippen molar-refractivity contribution in [2.24, 2.45) is 0 Å². The van der Waals surface area contributed by atoms with Crippen molar-refractivity contribution in [2.45, 2.75) is 38.9 Å². The maximum atomic E-state index is 12.6. The van der Waals surface area contributed by atoms with Crippen molar-refractivity contribution < 1.29 is 19.1 Å². The molecule has 2 rings (SSSR count). The lowest BCUT2D eigenvalue weighted by Crippen LogP contribution is -2.23. The summed E-state index contributed by atoms with van der Waals surface area (Å²) in [5.74, 6) is -1.08. The van der Waals surface area contributed by atoms with Crippen LogP contribution in [0.1, 0.15) is 50.0 Å². The minimum Gasteiger partial charge on any atom is -0.454 e. The first-order valence-corrected chi connectivity index (χ1v) is 8.09. The van der Waals surface area contributed by atoms with Crippen molar-refractivity contribution >= 4 is 11.9 Å². The Morgan fingerprint density at radius 2 is 1.42 bits per heavy atom. The van der Waals surface area contributed by atoms with Crippen LogP contribution in [-0.4, -0.2) is 11.9 Å². The van der Waals surface area contributed by atoms with E-state index in [2.05, 4.69) is 0 Å². The van der Waals surface area contributed by atoms with E-state index < -0.39 is 18.0 Å².